The van der Waals surface area contributed by atoms with Gasteiger partial charge in [0.05, 0.1) is 22.6 Å². The van der Waals surface area contributed by atoms with Crippen molar-refractivity contribution in [1.29, 1.82) is 0 Å². The van der Waals surface area contributed by atoms with Crippen molar-refractivity contribution >= 4 is 36.7 Å². The number of fused-ring (bicyclic) bond motifs is 1. The van der Waals surface area contributed by atoms with E-state index in [1.165, 1.54) is 0 Å². The highest BCUT2D eigenvalue weighted by Crippen LogP contribution is 2.20. The van der Waals surface area contributed by atoms with E-state index in [1.54, 1.807) is 6.20 Å². The topological polar surface area (TPSA) is 79.7 Å². The van der Waals surface area contributed by atoms with Crippen LogP contribution >= 0.6 is 0 Å². The number of hydrazone groups is 1. The van der Waals surface area contributed by atoms with Gasteiger partial charge in [-0.1, -0.05) is 11.5 Å². The Labute approximate surface area is 160 Å². The third-order valence-corrected chi connectivity index (χ3v) is 4.04. The van der Waals surface area contributed by atoms with Gasteiger partial charge >= 0.3 is 6.09 Å². The van der Waals surface area contributed by atoms with Gasteiger partial charge < -0.3 is 10.1 Å². The number of amides is 1. The largest absolute Gasteiger partial charge is 0.444 e. The summed E-state index contributed by atoms with van der Waals surface area (Å²) in [5.74, 6) is 0.0992. The van der Waals surface area contributed by atoms with E-state index in [1.807, 2.05) is 50.2 Å². The summed E-state index contributed by atoms with van der Waals surface area (Å²) in [6.07, 6.45) is 4.08. The van der Waals surface area contributed by atoms with E-state index in [0.29, 0.717) is 12.0 Å². The molecule has 1 atom stereocenters. The molecule has 27 heavy (non-hydrogen) atoms. The number of aromatic nitrogens is 2. The molecule has 1 amide bonds. The molecule has 2 heterocycles. The van der Waals surface area contributed by atoms with E-state index >= 15 is 0 Å². The van der Waals surface area contributed by atoms with Gasteiger partial charge in [0, 0.05) is 32.0 Å². The fraction of sp³-hybridized carbons (Fsp3) is 0.474. The number of nitrogens with one attached hydrogen (secondary N) is 1. The van der Waals surface area contributed by atoms with Crippen molar-refractivity contribution in [2.75, 3.05) is 19.6 Å². The maximum atomic E-state index is 11.6. The van der Waals surface area contributed by atoms with E-state index in [9.17, 15) is 4.79 Å². The molecule has 140 valence electrons. The Balaban J connectivity index is 1.47. The third-order valence-electron chi connectivity index (χ3n) is 4.04. The van der Waals surface area contributed by atoms with E-state index in [2.05, 4.69) is 20.4 Å². The summed E-state index contributed by atoms with van der Waals surface area (Å²) in [6.45, 7) is 7.56. The minimum Gasteiger partial charge on any atom is -0.444 e. The second-order valence-electron chi connectivity index (χ2n) is 7.61. The minimum absolute atomic E-state index is 0.0992. The third kappa shape index (κ3) is 5.42. The van der Waals surface area contributed by atoms with E-state index < -0.39 is 11.7 Å². The van der Waals surface area contributed by atoms with Gasteiger partial charge in [-0.2, -0.15) is 5.10 Å². The number of hydrogen-bond acceptors (Lipinski definition) is 6. The predicted octanol–water partition coefficient (Wildman–Crippen LogP) is 1.72. The zero-order chi connectivity index (χ0) is 19.4. The van der Waals surface area contributed by atoms with Crippen LogP contribution in [0.25, 0.3) is 11.0 Å². The molecular weight excluding hydrogens is 341 g/mol. The lowest BCUT2D eigenvalue weighted by atomic mass is 9.96. The predicted molar refractivity (Wildman–Crippen MR) is 107 cm³/mol. The van der Waals surface area contributed by atoms with Crippen molar-refractivity contribution in [1.82, 2.24) is 20.3 Å². The fourth-order valence-electron chi connectivity index (χ4n) is 2.80. The first-order valence-electron chi connectivity index (χ1n) is 9.08. The molecule has 1 unspecified atom stereocenters. The molecule has 0 saturated heterocycles. The summed E-state index contributed by atoms with van der Waals surface area (Å²) < 4.78 is 5.21. The number of benzene rings is 1. The van der Waals surface area contributed by atoms with Gasteiger partial charge in [0.2, 0.25) is 0 Å². The maximum Gasteiger partial charge on any atom is 0.407 e. The molecule has 1 aromatic heterocycles. The molecule has 8 heteroatoms. The number of rotatable bonds is 5. The van der Waals surface area contributed by atoms with Gasteiger partial charge in [-0.3, -0.25) is 9.99 Å². The van der Waals surface area contributed by atoms with E-state index in [-0.39, 0.29) is 5.92 Å². The van der Waals surface area contributed by atoms with Gasteiger partial charge in [-0.15, -0.1) is 0 Å². The van der Waals surface area contributed by atoms with Crippen LogP contribution in [-0.2, 0) is 4.74 Å². The quantitative estimate of drug-likeness (QED) is 0.645. The first-order chi connectivity index (χ1) is 12.8. The Bertz CT molecular complexity index is 850. The molecule has 3 rings (SSSR count). The highest BCUT2D eigenvalue weighted by molar-refractivity contribution is 6.33. The zero-order valence-electron chi connectivity index (χ0n) is 16.0. The Kier molecular flexibility index (Phi) is 5.63. The molecule has 0 aliphatic carbocycles. The van der Waals surface area contributed by atoms with Crippen LogP contribution in [0.2, 0.25) is 0 Å². The number of alkyl carbamates (subject to hydrolysis) is 1. The molecule has 1 aromatic carbocycles. The molecule has 7 nitrogen and oxygen atoms in total. The lowest BCUT2D eigenvalue weighted by Crippen LogP contribution is -2.34. The maximum absolute atomic E-state index is 11.6. The van der Waals surface area contributed by atoms with Crippen molar-refractivity contribution in [3.8, 4) is 0 Å². The Hall–Kier alpha value is -2.64. The average molecular weight is 365 g/mol. The summed E-state index contributed by atoms with van der Waals surface area (Å²) in [6, 6.07) is 5.52. The van der Waals surface area contributed by atoms with E-state index in [4.69, 9.17) is 12.6 Å². The number of nitrogens with zero attached hydrogens (tertiary/aromatic N) is 4. The van der Waals surface area contributed by atoms with Gasteiger partial charge in [-0.05, 0) is 39.3 Å². The SMILES string of the molecule is [B]c1ccc2ncc(C3C=NN(CCCNC(=O)OC(C)(C)C)C3)nc2c1. The van der Waals surface area contributed by atoms with Gasteiger partial charge in [0.15, 0.2) is 0 Å². The van der Waals surface area contributed by atoms with Crippen molar-refractivity contribution < 1.29 is 9.53 Å². The summed E-state index contributed by atoms with van der Waals surface area (Å²) in [5, 5.41) is 9.18. The molecule has 2 aromatic rings. The lowest BCUT2D eigenvalue weighted by molar-refractivity contribution is 0.0526. The second kappa shape index (κ2) is 7.94. The van der Waals surface area contributed by atoms with Crippen molar-refractivity contribution in [2.24, 2.45) is 5.10 Å². The van der Waals surface area contributed by atoms with Crippen molar-refractivity contribution in [2.45, 2.75) is 38.7 Å². The molecule has 1 N–H and O–H groups in total. The van der Waals surface area contributed by atoms with Crippen molar-refractivity contribution in [3.05, 3.63) is 30.1 Å². The van der Waals surface area contributed by atoms with Crippen LogP contribution in [0.5, 0.6) is 0 Å². The fourth-order valence-corrected chi connectivity index (χ4v) is 2.80. The molecule has 0 spiro atoms. The number of ether oxygens (including phenoxy) is 1. The minimum atomic E-state index is -0.484. The molecule has 0 bridgehead atoms. The van der Waals surface area contributed by atoms with Crippen LogP contribution < -0.4 is 10.8 Å². The zero-order valence-corrected chi connectivity index (χ0v) is 16.0. The van der Waals surface area contributed by atoms with Crippen LogP contribution in [0.4, 0.5) is 4.79 Å². The molecule has 1 aliphatic rings. The highest BCUT2D eigenvalue weighted by atomic mass is 16.6. The Morgan fingerprint density at radius 2 is 2.19 bits per heavy atom. The lowest BCUT2D eigenvalue weighted by Gasteiger charge is -2.20. The van der Waals surface area contributed by atoms with E-state index in [0.717, 1.165) is 36.2 Å². The standard InChI is InChI=1S/C19H24BN5O2/c1-19(2,3)27-18(26)21-7-4-8-25-12-13(10-23-25)17-11-22-15-6-5-14(20)9-16(15)24-17/h5-6,9-11,13H,4,7-8,12H2,1-3H3,(H,21,26). The number of carbonyl (C=O) groups excluding carboxylic acids is 1. The van der Waals surface area contributed by atoms with Crippen LogP contribution in [0.1, 0.15) is 38.8 Å². The van der Waals surface area contributed by atoms with Crippen LogP contribution in [-0.4, -0.2) is 60.4 Å². The Morgan fingerprint density at radius 3 is 2.96 bits per heavy atom. The first kappa shape index (κ1) is 19.1. The summed E-state index contributed by atoms with van der Waals surface area (Å²) in [7, 11) is 5.83. The molecule has 0 saturated carbocycles. The first-order valence-corrected chi connectivity index (χ1v) is 9.08. The second-order valence-corrected chi connectivity index (χ2v) is 7.61. The smallest absolute Gasteiger partial charge is 0.407 e. The normalized spacial score (nSPS) is 16.7. The summed E-state index contributed by atoms with van der Waals surface area (Å²) in [4.78, 5) is 20.8. The average Bonchev–Trinajstić information content (AvgIpc) is 3.05. The molecule has 2 radical (unpaired) electrons. The van der Waals surface area contributed by atoms with Crippen LogP contribution in [0.15, 0.2) is 29.5 Å². The highest BCUT2D eigenvalue weighted by Gasteiger charge is 2.21. The summed E-state index contributed by atoms with van der Waals surface area (Å²) in [5.41, 5.74) is 2.69. The van der Waals surface area contributed by atoms with Crippen molar-refractivity contribution in [3.63, 3.8) is 0 Å². The molecular formula is C19H24BN5O2. The number of hydrogen-bond donors (Lipinski definition) is 1. The van der Waals surface area contributed by atoms with Gasteiger partial charge in [-0.25, -0.2) is 9.78 Å². The van der Waals surface area contributed by atoms with Gasteiger partial charge in [0.1, 0.15) is 13.4 Å². The van der Waals surface area contributed by atoms with Crippen LogP contribution in [0, 0.1) is 0 Å². The molecule has 1 aliphatic heterocycles. The number of carbonyl (C=O) groups is 1. The van der Waals surface area contributed by atoms with Gasteiger partial charge in [0.25, 0.3) is 0 Å². The molecule has 0 fully saturated rings. The van der Waals surface area contributed by atoms with Crippen LogP contribution in [0.3, 0.4) is 0 Å². The Morgan fingerprint density at radius 1 is 1.37 bits per heavy atom. The monoisotopic (exact) mass is 365 g/mol. The summed E-state index contributed by atoms with van der Waals surface area (Å²) >= 11 is 0.